The lowest BCUT2D eigenvalue weighted by Gasteiger charge is -2.40. The molecule has 2 bridgehead atoms. The van der Waals surface area contributed by atoms with E-state index in [-0.39, 0.29) is 17.8 Å². The van der Waals surface area contributed by atoms with Gasteiger partial charge < -0.3 is 9.84 Å². The van der Waals surface area contributed by atoms with Crippen LogP contribution in [0.2, 0.25) is 0 Å². The van der Waals surface area contributed by atoms with E-state index in [1.165, 1.54) is 0 Å². The van der Waals surface area contributed by atoms with E-state index in [1.54, 1.807) is 0 Å². The number of ether oxygens (including phenoxy) is 1. The highest BCUT2D eigenvalue weighted by Crippen LogP contribution is 2.56. The summed E-state index contributed by atoms with van der Waals surface area (Å²) in [7, 11) is 0. The monoisotopic (exact) mass is 444 g/mol. The van der Waals surface area contributed by atoms with Crippen LogP contribution < -0.4 is 0 Å². The van der Waals surface area contributed by atoms with Gasteiger partial charge in [0, 0.05) is 0 Å². The fourth-order valence-electron chi connectivity index (χ4n) is 5.99. The summed E-state index contributed by atoms with van der Waals surface area (Å²) in [6.07, 6.45) is -11.0. The van der Waals surface area contributed by atoms with Crippen molar-refractivity contribution in [3.63, 3.8) is 0 Å². The van der Waals surface area contributed by atoms with Crippen molar-refractivity contribution in [1.29, 1.82) is 0 Å². The molecule has 0 radical (unpaired) electrons. The fourth-order valence-corrected chi connectivity index (χ4v) is 5.99. The van der Waals surface area contributed by atoms with Crippen LogP contribution in [0.4, 0.5) is 26.3 Å². The van der Waals surface area contributed by atoms with Crippen molar-refractivity contribution in [2.45, 2.75) is 89.3 Å². The molecular weight excluding hydrogens is 414 g/mol. The number of carbonyl (C=O) groups excluding carboxylic acids is 1. The van der Waals surface area contributed by atoms with E-state index in [9.17, 15) is 36.2 Å². The van der Waals surface area contributed by atoms with Gasteiger partial charge in [-0.15, -0.1) is 0 Å². The molecule has 0 aliphatic heterocycles. The van der Waals surface area contributed by atoms with Gasteiger partial charge in [-0.2, -0.15) is 26.3 Å². The maximum Gasteiger partial charge on any atom is 0.430 e. The van der Waals surface area contributed by atoms with Gasteiger partial charge in [-0.05, 0) is 48.9 Å². The van der Waals surface area contributed by atoms with E-state index < -0.39 is 48.3 Å². The van der Waals surface area contributed by atoms with E-state index in [0.29, 0.717) is 38.0 Å². The molecule has 6 unspecified atom stereocenters. The number of hydrogen-bond donors (Lipinski definition) is 1. The lowest BCUT2D eigenvalue weighted by molar-refractivity contribution is -0.392. The molecule has 0 aromatic rings. The van der Waals surface area contributed by atoms with Crippen molar-refractivity contribution in [3.8, 4) is 0 Å². The SMILES string of the molecule is CC1C2CC(C(=O)OC(CC3CCCCC3)C(O)(C(F)(F)F)C(F)(F)F)C(C2)C1C. The average Bonchev–Trinajstić information content (AvgIpc) is 3.20. The number of rotatable bonds is 5. The Bertz CT molecular complexity index is 609. The second-order valence-electron chi connectivity index (χ2n) is 9.65. The van der Waals surface area contributed by atoms with E-state index in [4.69, 9.17) is 4.74 Å². The Balaban J connectivity index is 1.85. The fraction of sp³-hybridized carbons (Fsp3) is 0.952. The number of fused-ring (bicyclic) bond motifs is 2. The number of esters is 1. The predicted molar refractivity (Wildman–Crippen MR) is 96.2 cm³/mol. The van der Waals surface area contributed by atoms with Crippen molar-refractivity contribution in [3.05, 3.63) is 0 Å². The summed E-state index contributed by atoms with van der Waals surface area (Å²) in [6, 6.07) is 0. The van der Waals surface area contributed by atoms with Crippen molar-refractivity contribution in [2.75, 3.05) is 0 Å². The van der Waals surface area contributed by atoms with Gasteiger partial charge >= 0.3 is 18.3 Å². The van der Waals surface area contributed by atoms with Gasteiger partial charge in [0.2, 0.25) is 0 Å². The third-order valence-corrected chi connectivity index (χ3v) is 8.06. The molecular formula is C21H30F6O3. The summed E-state index contributed by atoms with van der Waals surface area (Å²) in [5.74, 6) is -1.55. The van der Waals surface area contributed by atoms with E-state index >= 15 is 0 Å². The van der Waals surface area contributed by atoms with Crippen LogP contribution in [-0.4, -0.2) is 35.1 Å². The molecule has 3 saturated carbocycles. The molecule has 0 spiro atoms. The van der Waals surface area contributed by atoms with Crippen molar-refractivity contribution < 1.29 is 41.0 Å². The summed E-state index contributed by atoms with van der Waals surface area (Å²) in [4.78, 5) is 12.8. The molecule has 3 aliphatic rings. The van der Waals surface area contributed by atoms with Gasteiger partial charge in [0.25, 0.3) is 5.60 Å². The van der Waals surface area contributed by atoms with Gasteiger partial charge in [-0.3, -0.25) is 4.79 Å². The normalized spacial score (nSPS) is 34.2. The minimum atomic E-state index is -6.01. The standard InChI is InChI=1S/C21H30F6O3/c1-11-12(2)15-9-14(11)10-16(15)18(28)30-17(8-13-6-4-3-5-7-13)19(29,20(22,23)24)21(25,26)27/h11-17,29H,3-10H2,1-2H3. The minimum absolute atomic E-state index is 0.0994. The summed E-state index contributed by atoms with van der Waals surface area (Å²) in [5, 5.41) is 9.97. The van der Waals surface area contributed by atoms with Crippen LogP contribution in [0.15, 0.2) is 0 Å². The second-order valence-corrected chi connectivity index (χ2v) is 9.65. The predicted octanol–water partition coefficient (Wildman–Crippen LogP) is 5.65. The Labute approximate surface area is 172 Å². The van der Waals surface area contributed by atoms with Gasteiger partial charge in [0.15, 0.2) is 0 Å². The highest BCUT2D eigenvalue weighted by Gasteiger charge is 2.75. The Kier molecular flexibility index (Phi) is 6.45. The van der Waals surface area contributed by atoms with Crippen molar-refractivity contribution in [2.24, 2.45) is 35.5 Å². The first-order chi connectivity index (χ1) is 13.8. The molecule has 1 N–H and O–H groups in total. The van der Waals surface area contributed by atoms with Gasteiger partial charge in [-0.25, -0.2) is 0 Å². The number of hydrogen-bond acceptors (Lipinski definition) is 3. The molecule has 3 aliphatic carbocycles. The van der Waals surface area contributed by atoms with Crippen molar-refractivity contribution in [1.82, 2.24) is 0 Å². The summed E-state index contributed by atoms with van der Waals surface area (Å²) >= 11 is 0. The topological polar surface area (TPSA) is 46.5 Å². The molecule has 3 rings (SSSR count). The molecule has 9 heteroatoms. The molecule has 3 fully saturated rings. The van der Waals surface area contributed by atoms with E-state index in [2.05, 4.69) is 6.92 Å². The Morgan fingerprint density at radius 1 is 0.967 bits per heavy atom. The van der Waals surface area contributed by atoms with E-state index in [0.717, 1.165) is 12.8 Å². The maximum atomic E-state index is 13.5. The summed E-state index contributed by atoms with van der Waals surface area (Å²) in [5.41, 5.74) is -5.08. The zero-order valence-corrected chi connectivity index (χ0v) is 17.2. The number of halogens is 6. The van der Waals surface area contributed by atoms with Crippen LogP contribution in [-0.2, 0) is 9.53 Å². The van der Waals surface area contributed by atoms with Crippen LogP contribution in [0.3, 0.4) is 0 Å². The number of aliphatic hydroxyl groups is 1. The molecule has 0 heterocycles. The summed E-state index contributed by atoms with van der Waals surface area (Å²) in [6.45, 7) is 4.00. The first-order valence-corrected chi connectivity index (χ1v) is 10.8. The molecule has 0 saturated heterocycles. The third kappa shape index (κ3) is 4.07. The van der Waals surface area contributed by atoms with Crippen molar-refractivity contribution >= 4 is 5.97 Å². The minimum Gasteiger partial charge on any atom is -0.458 e. The largest absolute Gasteiger partial charge is 0.458 e. The van der Waals surface area contributed by atoms with Crippen LogP contribution in [0.25, 0.3) is 0 Å². The Hall–Kier alpha value is -0.990. The van der Waals surface area contributed by atoms with E-state index in [1.807, 2.05) is 6.92 Å². The van der Waals surface area contributed by atoms with Gasteiger partial charge in [0.1, 0.15) is 6.10 Å². The molecule has 174 valence electrons. The first kappa shape index (κ1) is 23.7. The maximum absolute atomic E-state index is 13.5. The zero-order chi connectivity index (χ0) is 22.5. The number of carbonyl (C=O) groups is 1. The van der Waals surface area contributed by atoms with Crippen LogP contribution >= 0.6 is 0 Å². The molecule has 6 atom stereocenters. The smallest absolute Gasteiger partial charge is 0.430 e. The molecule has 0 amide bonds. The van der Waals surface area contributed by atoms with Crippen LogP contribution in [0, 0.1) is 35.5 Å². The Morgan fingerprint density at radius 3 is 2.00 bits per heavy atom. The lowest BCUT2D eigenvalue weighted by atomic mass is 9.75. The number of alkyl halides is 6. The molecule has 3 nitrogen and oxygen atoms in total. The van der Waals surface area contributed by atoms with Gasteiger partial charge in [0.05, 0.1) is 5.92 Å². The average molecular weight is 444 g/mol. The molecule has 0 aromatic carbocycles. The zero-order valence-electron chi connectivity index (χ0n) is 17.2. The van der Waals surface area contributed by atoms with Crippen LogP contribution in [0.1, 0.15) is 65.2 Å². The molecule has 30 heavy (non-hydrogen) atoms. The molecule has 0 aromatic heterocycles. The third-order valence-electron chi connectivity index (χ3n) is 8.06. The van der Waals surface area contributed by atoms with Gasteiger partial charge in [-0.1, -0.05) is 46.0 Å². The second kappa shape index (κ2) is 8.17. The lowest BCUT2D eigenvalue weighted by Crippen LogP contribution is -2.65. The highest BCUT2D eigenvalue weighted by molar-refractivity contribution is 5.74. The quantitative estimate of drug-likeness (QED) is 0.440. The van der Waals surface area contributed by atoms with Crippen LogP contribution in [0.5, 0.6) is 0 Å². The summed E-state index contributed by atoms with van der Waals surface area (Å²) < 4.78 is 86.2. The first-order valence-electron chi connectivity index (χ1n) is 10.8. The highest BCUT2D eigenvalue weighted by atomic mass is 19.4. The Morgan fingerprint density at radius 2 is 1.53 bits per heavy atom.